The van der Waals surface area contributed by atoms with E-state index in [1.54, 1.807) is 0 Å². The highest BCUT2D eigenvalue weighted by Gasteiger charge is 2.26. The van der Waals surface area contributed by atoms with Gasteiger partial charge in [0, 0.05) is 25.4 Å². The molecule has 4 nitrogen and oxygen atoms in total. The maximum Gasteiger partial charge on any atom is 0.389 e. The fraction of sp³-hybridized carbons (Fsp3) is 0.500. The highest BCUT2D eigenvalue weighted by Crippen LogP contribution is 2.22. The first-order valence-corrected chi connectivity index (χ1v) is 7.24. The number of halogens is 4. The van der Waals surface area contributed by atoms with Crippen molar-refractivity contribution in [2.45, 2.75) is 30.3 Å². The van der Waals surface area contributed by atoms with E-state index in [-0.39, 0.29) is 29.3 Å². The zero-order valence-corrected chi connectivity index (χ0v) is 11.3. The highest BCUT2D eigenvalue weighted by atomic mass is 35.5. The van der Waals surface area contributed by atoms with Crippen LogP contribution in [0.3, 0.4) is 0 Å². The van der Waals surface area contributed by atoms with Crippen molar-refractivity contribution >= 4 is 21.6 Å². The standard InChI is InChI=1S/C10H12ClF3N2O2S/c11-8-3-6-15-7-9(8)19(17,18)16-5-2-1-4-10(12,13)14/h3,6-7,16H,1-2,4-5H2. The molecule has 1 aromatic heterocycles. The van der Waals surface area contributed by atoms with E-state index in [0.29, 0.717) is 0 Å². The lowest BCUT2D eigenvalue weighted by atomic mass is 10.2. The summed E-state index contributed by atoms with van der Waals surface area (Å²) in [5.41, 5.74) is 0. The minimum Gasteiger partial charge on any atom is -0.263 e. The van der Waals surface area contributed by atoms with Crippen LogP contribution in [0.5, 0.6) is 0 Å². The van der Waals surface area contributed by atoms with Crippen LogP contribution in [0.25, 0.3) is 0 Å². The summed E-state index contributed by atoms with van der Waals surface area (Å²) in [6.07, 6.45) is -2.76. The number of unbranched alkanes of at least 4 members (excludes halogenated alkanes) is 1. The SMILES string of the molecule is O=S(=O)(NCCCCC(F)(F)F)c1cnccc1Cl. The molecular weight excluding hydrogens is 305 g/mol. The number of hydrogen-bond acceptors (Lipinski definition) is 3. The molecule has 19 heavy (non-hydrogen) atoms. The topological polar surface area (TPSA) is 59.1 Å². The average molecular weight is 317 g/mol. The Morgan fingerprint density at radius 3 is 2.58 bits per heavy atom. The summed E-state index contributed by atoms with van der Waals surface area (Å²) >= 11 is 5.70. The molecule has 0 unspecified atom stereocenters. The van der Waals surface area contributed by atoms with Gasteiger partial charge in [0.15, 0.2) is 0 Å². The van der Waals surface area contributed by atoms with Gasteiger partial charge in [-0.2, -0.15) is 13.2 Å². The van der Waals surface area contributed by atoms with Crippen LogP contribution in [-0.2, 0) is 10.0 Å². The van der Waals surface area contributed by atoms with Crippen LogP contribution in [0.4, 0.5) is 13.2 Å². The van der Waals surface area contributed by atoms with Crippen molar-refractivity contribution in [1.29, 1.82) is 0 Å². The van der Waals surface area contributed by atoms with Crippen molar-refractivity contribution in [2.75, 3.05) is 6.54 Å². The third-order valence-electron chi connectivity index (χ3n) is 2.20. The first-order valence-electron chi connectivity index (χ1n) is 5.38. The van der Waals surface area contributed by atoms with Gasteiger partial charge < -0.3 is 0 Å². The number of hydrogen-bond donors (Lipinski definition) is 1. The molecular formula is C10H12ClF3N2O2S. The fourth-order valence-corrected chi connectivity index (χ4v) is 2.80. The third-order valence-corrected chi connectivity index (χ3v) is 4.13. The van der Waals surface area contributed by atoms with E-state index < -0.39 is 22.6 Å². The Hall–Kier alpha value is -0.860. The van der Waals surface area contributed by atoms with Gasteiger partial charge in [0.1, 0.15) is 4.90 Å². The number of sulfonamides is 1. The second kappa shape index (κ2) is 6.53. The zero-order valence-electron chi connectivity index (χ0n) is 9.74. The second-order valence-corrected chi connectivity index (χ2v) is 5.92. The largest absolute Gasteiger partial charge is 0.389 e. The van der Waals surface area contributed by atoms with Crippen molar-refractivity contribution in [2.24, 2.45) is 0 Å². The molecule has 108 valence electrons. The van der Waals surface area contributed by atoms with E-state index in [0.717, 1.165) is 6.20 Å². The number of nitrogens with one attached hydrogen (secondary N) is 1. The monoisotopic (exact) mass is 316 g/mol. The molecule has 9 heteroatoms. The summed E-state index contributed by atoms with van der Waals surface area (Å²) in [5.74, 6) is 0. The van der Waals surface area contributed by atoms with Crippen molar-refractivity contribution in [1.82, 2.24) is 9.71 Å². The number of rotatable bonds is 6. The molecule has 0 spiro atoms. The Morgan fingerprint density at radius 1 is 1.32 bits per heavy atom. The third kappa shape index (κ3) is 5.75. The van der Waals surface area contributed by atoms with Crippen LogP contribution in [0.1, 0.15) is 19.3 Å². The maximum atomic E-state index is 11.9. The van der Waals surface area contributed by atoms with Crippen LogP contribution in [0.2, 0.25) is 5.02 Å². The van der Waals surface area contributed by atoms with Crippen LogP contribution >= 0.6 is 11.6 Å². The molecule has 1 heterocycles. The lowest BCUT2D eigenvalue weighted by Gasteiger charge is -2.08. The predicted molar refractivity (Wildman–Crippen MR) is 64.3 cm³/mol. The van der Waals surface area contributed by atoms with E-state index in [1.165, 1.54) is 12.3 Å². The van der Waals surface area contributed by atoms with Crippen LogP contribution in [-0.4, -0.2) is 26.1 Å². The lowest BCUT2D eigenvalue weighted by Crippen LogP contribution is -2.25. The minimum absolute atomic E-state index is 0.0118. The smallest absolute Gasteiger partial charge is 0.263 e. The van der Waals surface area contributed by atoms with Crippen molar-refractivity contribution in [3.8, 4) is 0 Å². The van der Waals surface area contributed by atoms with Gasteiger partial charge in [-0.25, -0.2) is 13.1 Å². The van der Waals surface area contributed by atoms with Crippen LogP contribution in [0.15, 0.2) is 23.4 Å². The molecule has 1 aromatic rings. The summed E-state index contributed by atoms with van der Waals surface area (Å²) in [6, 6.07) is 1.32. The quantitative estimate of drug-likeness (QED) is 0.821. The Kier molecular flexibility index (Phi) is 5.57. The lowest BCUT2D eigenvalue weighted by molar-refractivity contribution is -0.135. The number of nitrogens with zero attached hydrogens (tertiary/aromatic N) is 1. The summed E-state index contributed by atoms with van der Waals surface area (Å²) in [5, 5.41) is 0.0118. The van der Waals surface area contributed by atoms with Crippen LogP contribution in [0, 0.1) is 0 Å². The number of aromatic nitrogens is 1. The normalized spacial score (nSPS) is 12.6. The van der Waals surface area contributed by atoms with E-state index in [9.17, 15) is 21.6 Å². The molecule has 0 aliphatic heterocycles. The van der Waals surface area contributed by atoms with E-state index in [2.05, 4.69) is 9.71 Å². The predicted octanol–water partition coefficient (Wildman–Crippen LogP) is 2.75. The second-order valence-electron chi connectivity index (χ2n) is 3.78. The van der Waals surface area contributed by atoms with Gasteiger partial charge in [-0.05, 0) is 18.9 Å². The van der Waals surface area contributed by atoms with Gasteiger partial charge >= 0.3 is 6.18 Å². The molecule has 0 aliphatic carbocycles. The zero-order chi connectivity index (χ0) is 14.5. The molecule has 0 radical (unpaired) electrons. The van der Waals surface area contributed by atoms with Gasteiger partial charge in [0.25, 0.3) is 0 Å². The molecule has 0 saturated heterocycles. The van der Waals surface area contributed by atoms with Gasteiger partial charge in [-0.15, -0.1) is 0 Å². The molecule has 0 aliphatic rings. The van der Waals surface area contributed by atoms with E-state index in [4.69, 9.17) is 11.6 Å². The first-order chi connectivity index (χ1) is 8.72. The first kappa shape index (κ1) is 16.2. The van der Waals surface area contributed by atoms with Gasteiger partial charge in [0.2, 0.25) is 10.0 Å². The molecule has 0 atom stereocenters. The number of pyridine rings is 1. The average Bonchev–Trinajstić information content (AvgIpc) is 2.27. The van der Waals surface area contributed by atoms with Gasteiger partial charge in [-0.1, -0.05) is 11.6 Å². The summed E-state index contributed by atoms with van der Waals surface area (Å²) in [7, 11) is -3.83. The van der Waals surface area contributed by atoms with Crippen molar-refractivity contribution < 1.29 is 21.6 Å². The Labute approximate surface area is 114 Å². The van der Waals surface area contributed by atoms with Crippen LogP contribution < -0.4 is 4.72 Å². The molecule has 0 amide bonds. The maximum absolute atomic E-state index is 11.9. The highest BCUT2D eigenvalue weighted by molar-refractivity contribution is 7.89. The molecule has 0 bridgehead atoms. The van der Waals surface area contributed by atoms with Crippen molar-refractivity contribution in [3.63, 3.8) is 0 Å². The molecule has 0 aromatic carbocycles. The molecule has 0 fully saturated rings. The Bertz CT molecular complexity index is 520. The van der Waals surface area contributed by atoms with Crippen molar-refractivity contribution in [3.05, 3.63) is 23.5 Å². The van der Waals surface area contributed by atoms with E-state index in [1.807, 2.05) is 0 Å². The molecule has 0 saturated carbocycles. The summed E-state index contributed by atoms with van der Waals surface area (Å²) in [4.78, 5) is 3.45. The fourth-order valence-electron chi connectivity index (χ4n) is 1.30. The molecule has 1 N–H and O–H groups in total. The Balaban J connectivity index is 2.47. The Morgan fingerprint density at radius 2 is 2.00 bits per heavy atom. The summed E-state index contributed by atoms with van der Waals surface area (Å²) < 4.78 is 61.3. The molecule has 1 rings (SSSR count). The van der Waals surface area contributed by atoms with Gasteiger partial charge in [0.05, 0.1) is 5.02 Å². The minimum atomic E-state index is -4.22. The summed E-state index contributed by atoms with van der Waals surface area (Å²) in [6.45, 7) is -0.0797. The van der Waals surface area contributed by atoms with Gasteiger partial charge in [-0.3, -0.25) is 4.98 Å². The van der Waals surface area contributed by atoms with E-state index >= 15 is 0 Å². The number of alkyl halides is 3.